The van der Waals surface area contributed by atoms with E-state index in [9.17, 15) is 9.59 Å². The van der Waals surface area contributed by atoms with E-state index in [1.165, 1.54) is 15.3 Å². The maximum atomic E-state index is 12.6. The van der Waals surface area contributed by atoms with Crippen molar-refractivity contribution in [1.82, 2.24) is 9.88 Å². The van der Waals surface area contributed by atoms with Crippen molar-refractivity contribution in [2.45, 2.75) is 44.9 Å². The quantitative estimate of drug-likeness (QED) is 0.527. The van der Waals surface area contributed by atoms with Crippen LogP contribution >= 0.6 is 11.3 Å². The Kier molecular flexibility index (Phi) is 6.05. The summed E-state index contributed by atoms with van der Waals surface area (Å²) in [6.45, 7) is 3.59. The smallest absolute Gasteiger partial charge is 0.223 e. The van der Waals surface area contributed by atoms with Crippen LogP contribution in [0.3, 0.4) is 0 Å². The first kappa shape index (κ1) is 19.8. The summed E-state index contributed by atoms with van der Waals surface area (Å²) in [5, 5.41) is 1.18. The number of Topliss-reactive ketones (excluding diaryl/α,β-unsaturated/α-hetero) is 1. The molecule has 4 rings (SSSR count). The lowest BCUT2D eigenvalue weighted by Gasteiger charge is -2.31. The molecule has 1 aliphatic rings. The van der Waals surface area contributed by atoms with E-state index in [4.69, 9.17) is 4.98 Å². The van der Waals surface area contributed by atoms with E-state index in [0.29, 0.717) is 17.9 Å². The highest BCUT2D eigenvalue weighted by Gasteiger charge is 2.26. The zero-order chi connectivity index (χ0) is 20.2. The summed E-state index contributed by atoms with van der Waals surface area (Å²) < 4.78 is 1.23. The van der Waals surface area contributed by atoms with E-state index in [1.54, 1.807) is 11.3 Å². The van der Waals surface area contributed by atoms with Gasteiger partial charge in [-0.2, -0.15) is 0 Å². The first-order valence-electron chi connectivity index (χ1n) is 10.4. The van der Waals surface area contributed by atoms with Crippen molar-refractivity contribution in [3.63, 3.8) is 0 Å². The molecule has 2 heterocycles. The number of amides is 1. The van der Waals surface area contributed by atoms with Crippen LogP contribution in [0, 0.1) is 0 Å². The van der Waals surface area contributed by atoms with Gasteiger partial charge in [-0.3, -0.25) is 9.59 Å². The number of rotatable bonds is 6. The molecule has 3 aromatic rings. The van der Waals surface area contributed by atoms with Gasteiger partial charge in [0.05, 0.1) is 15.2 Å². The van der Waals surface area contributed by atoms with Crippen molar-refractivity contribution < 1.29 is 9.59 Å². The highest BCUT2D eigenvalue weighted by atomic mass is 32.1. The zero-order valence-electron chi connectivity index (χ0n) is 16.8. The molecule has 4 nitrogen and oxygen atoms in total. The molecule has 0 bridgehead atoms. The van der Waals surface area contributed by atoms with Crippen LogP contribution in [-0.4, -0.2) is 34.7 Å². The van der Waals surface area contributed by atoms with Crippen molar-refractivity contribution in [1.29, 1.82) is 0 Å². The Morgan fingerprint density at radius 1 is 1.03 bits per heavy atom. The number of benzene rings is 2. The maximum Gasteiger partial charge on any atom is 0.223 e. The normalized spacial score (nSPS) is 15.0. The van der Waals surface area contributed by atoms with Gasteiger partial charge in [0.25, 0.3) is 0 Å². The van der Waals surface area contributed by atoms with E-state index in [0.717, 1.165) is 37.9 Å². The average molecular weight is 407 g/mol. The van der Waals surface area contributed by atoms with Crippen LogP contribution in [0.15, 0.2) is 48.5 Å². The minimum absolute atomic E-state index is 0.0466. The van der Waals surface area contributed by atoms with E-state index >= 15 is 0 Å². The van der Waals surface area contributed by atoms with Crippen molar-refractivity contribution in [2.75, 3.05) is 13.1 Å². The Labute approximate surface area is 175 Å². The summed E-state index contributed by atoms with van der Waals surface area (Å²) in [5.74, 6) is 0.562. The average Bonchev–Trinajstić information content (AvgIpc) is 3.22. The molecule has 1 aliphatic heterocycles. The number of ketones is 1. The summed E-state index contributed by atoms with van der Waals surface area (Å²) >= 11 is 1.77. The van der Waals surface area contributed by atoms with Crippen molar-refractivity contribution >= 4 is 33.2 Å². The number of nitrogens with zero attached hydrogens (tertiary/aromatic N) is 2. The fourth-order valence-electron chi connectivity index (χ4n) is 3.89. The van der Waals surface area contributed by atoms with Crippen molar-refractivity contribution in [2.24, 2.45) is 0 Å². The van der Waals surface area contributed by atoms with Crippen LogP contribution in [0.5, 0.6) is 0 Å². The second-order valence-corrected chi connectivity index (χ2v) is 8.71. The molecule has 29 heavy (non-hydrogen) atoms. The molecule has 1 aromatic heterocycles. The summed E-state index contributed by atoms with van der Waals surface area (Å²) in [7, 11) is 0. The van der Waals surface area contributed by atoms with Crippen molar-refractivity contribution in [3.8, 4) is 0 Å². The monoisotopic (exact) mass is 406 g/mol. The SMILES string of the molecule is CCc1ccc(C(=O)CCC(=O)N2CCC(c3nc4ccccc4s3)CC2)cc1. The number of hydrogen-bond donors (Lipinski definition) is 0. The van der Waals surface area contributed by atoms with Gasteiger partial charge >= 0.3 is 0 Å². The Hall–Kier alpha value is -2.53. The Morgan fingerprint density at radius 2 is 1.76 bits per heavy atom. The molecular formula is C24H26N2O2S. The summed E-state index contributed by atoms with van der Waals surface area (Å²) in [6.07, 6.45) is 3.41. The molecule has 2 aromatic carbocycles. The fourth-order valence-corrected chi connectivity index (χ4v) is 5.03. The topological polar surface area (TPSA) is 50.3 Å². The Bertz CT molecular complexity index is 968. The minimum atomic E-state index is 0.0466. The summed E-state index contributed by atoms with van der Waals surface area (Å²) in [6, 6.07) is 16.0. The van der Waals surface area contributed by atoms with Crippen LogP contribution in [0.4, 0.5) is 0 Å². The van der Waals surface area contributed by atoms with Gasteiger partial charge in [0.15, 0.2) is 5.78 Å². The highest BCUT2D eigenvalue weighted by Crippen LogP contribution is 2.33. The number of likely N-dealkylation sites (tertiary alicyclic amines) is 1. The molecule has 5 heteroatoms. The van der Waals surface area contributed by atoms with Gasteiger partial charge in [0.2, 0.25) is 5.91 Å². The summed E-state index contributed by atoms with van der Waals surface area (Å²) in [4.78, 5) is 31.7. The molecule has 150 valence electrons. The lowest BCUT2D eigenvalue weighted by atomic mass is 9.97. The third-order valence-corrected chi connectivity index (χ3v) is 6.96. The number of fused-ring (bicyclic) bond motifs is 1. The van der Waals surface area contributed by atoms with Gasteiger partial charge in [0.1, 0.15) is 0 Å². The van der Waals surface area contributed by atoms with Gasteiger partial charge < -0.3 is 4.90 Å². The predicted octanol–water partition coefficient (Wildman–Crippen LogP) is 5.23. The number of aryl methyl sites for hydroxylation is 1. The number of carbonyl (C=O) groups excluding carboxylic acids is 2. The molecule has 1 amide bonds. The lowest BCUT2D eigenvalue weighted by Crippen LogP contribution is -2.38. The van der Waals surface area contributed by atoms with Crippen LogP contribution < -0.4 is 0 Å². The number of thiazole rings is 1. The molecule has 0 unspecified atom stereocenters. The maximum absolute atomic E-state index is 12.6. The number of para-hydroxylation sites is 1. The Balaban J connectivity index is 1.27. The van der Waals surface area contributed by atoms with Crippen molar-refractivity contribution in [3.05, 3.63) is 64.7 Å². The van der Waals surface area contributed by atoms with E-state index in [2.05, 4.69) is 19.1 Å². The minimum Gasteiger partial charge on any atom is -0.343 e. The molecule has 0 radical (unpaired) electrons. The van der Waals surface area contributed by atoms with Gasteiger partial charge in [-0.1, -0.05) is 43.3 Å². The number of piperidine rings is 1. The van der Waals surface area contributed by atoms with Crippen LogP contribution in [-0.2, 0) is 11.2 Å². The molecule has 1 fully saturated rings. The lowest BCUT2D eigenvalue weighted by molar-refractivity contribution is -0.132. The van der Waals surface area contributed by atoms with Gasteiger partial charge in [-0.05, 0) is 37.0 Å². The molecule has 0 N–H and O–H groups in total. The molecule has 0 atom stereocenters. The standard InChI is InChI=1S/C24H26N2O2S/c1-2-17-7-9-18(10-8-17)21(27)11-12-23(28)26-15-13-19(14-16-26)24-25-20-5-3-4-6-22(20)29-24/h3-10,19H,2,11-16H2,1H3. The second kappa shape index (κ2) is 8.87. The Morgan fingerprint density at radius 3 is 2.45 bits per heavy atom. The summed E-state index contributed by atoms with van der Waals surface area (Å²) in [5.41, 5.74) is 2.98. The van der Waals surface area contributed by atoms with Gasteiger partial charge in [-0.15, -0.1) is 11.3 Å². The predicted molar refractivity (Wildman–Crippen MR) is 118 cm³/mol. The van der Waals surface area contributed by atoms with E-state index in [-0.39, 0.29) is 18.1 Å². The van der Waals surface area contributed by atoms with E-state index in [1.807, 2.05) is 41.3 Å². The van der Waals surface area contributed by atoms with Gasteiger partial charge in [0, 0.05) is 37.4 Å². The fraction of sp³-hybridized carbons (Fsp3) is 0.375. The number of carbonyl (C=O) groups is 2. The first-order valence-corrected chi connectivity index (χ1v) is 11.2. The molecule has 1 saturated heterocycles. The third kappa shape index (κ3) is 4.56. The molecule has 0 aliphatic carbocycles. The van der Waals surface area contributed by atoms with Crippen LogP contribution in [0.2, 0.25) is 0 Å². The zero-order valence-corrected chi connectivity index (χ0v) is 17.6. The van der Waals surface area contributed by atoms with Crippen LogP contribution in [0.25, 0.3) is 10.2 Å². The number of aromatic nitrogens is 1. The largest absolute Gasteiger partial charge is 0.343 e. The van der Waals surface area contributed by atoms with E-state index < -0.39 is 0 Å². The number of hydrogen-bond acceptors (Lipinski definition) is 4. The second-order valence-electron chi connectivity index (χ2n) is 7.65. The van der Waals surface area contributed by atoms with Crippen LogP contribution in [0.1, 0.15) is 59.5 Å². The first-order chi connectivity index (χ1) is 14.1. The third-order valence-electron chi connectivity index (χ3n) is 5.76. The molecule has 0 saturated carbocycles. The van der Waals surface area contributed by atoms with Gasteiger partial charge in [-0.25, -0.2) is 4.98 Å². The molecular weight excluding hydrogens is 380 g/mol. The highest BCUT2D eigenvalue weighted by molar-refractivity contribution is 7.18. The molecule has 0 spiro atoms.